The molecule has 118 valence electrons. The fourth-order valence-corrected chi connectivity index (χ4v) is 3.13. The fraction of sp³-hybridized carbons (Fsp3) is 0.647. The van der Waals surface area contributed by atoms with Crippen LogP contribution in [0.1, 0.15) is 25.0 Å². The van der Waals surface area contributed by atoms with E-state index in [2.05, 4.69) is 70.1 Å². The molecular weight excluding hydrogens is 326 g/mol. The highest BCUT2D eigenvalue weighted by Gasteiger charge is 2.15. The summed E-state index contributed by atoms with van der Waals surface area (Å²) in [5.41, 5.74) is 2.75. The average molecular weight is 354 g/mol. The molecule has 1 N–H and O–H groups in total. The van der Waals surface area contributed by atoms with Crippen LogP contribution < -0.4 is 5.32 Å². The van der Waals surface area contributed by atoms with Gasteiger partial charge >= 0.3 is 0 Å². The van der Waals surface area contributed by atoms with Crippen LogP contribution in [-0.2, 0) is 13.1 Å². The number of halogens is 1. The smallest absolute Gasteiger partial charge is 0.0246 e. The van der Waals surface area contributed by atoms with Crippen molar-refractivity contribution in [2.75, 3.05) is 39.8 Å². The minimum absolute atomic E-state index is 0.699. The highest BCUT2D eigenvalue weighted by atomic mass is 79.9. The van der Waals surface area contributed by atoms with Crippen molar-refractivity contribution in [3.05, 3.63) is 33.8 Å². The number of benzene rings is 1. The van der Waals surface area contributed by atoms with Gasteiger partial charge < -0.3 is 10.2 Å². The van der Waals surface area contributed by atoms with Crippen molar-refractivity contribution >= 4 is 15.9 Å². The lowest BCUT2D eigenvalue weighted by atomic mass is 10.1. The van der Waals surface area contributed by atoms with Crippen LogP contribution in [0.15, 0.2) is 22.7 Å². The number of piperazine rings is 1. The largest absolute Gasteiger partial charge is 0.312 e. The van der Waals surface area contributed by atoms with Crippen molar-refractivity contribution in [3.63, 3.8) is 0 Å². The molecule has 1 heterocycles. The highest BCUT2D eigenvalue weighted by Crippen LogP contribution is 2.21. The Morgan fingerprint density at radius 2 is 1.90 bits per heavy atom. The molecule has 1 aliphatic rings. The van der Waals surface area contributed by atoms with E-state index in [0.717, 1.165) is 19.6 Å². The van der Waals surface area contributed by atoms with Gasteiger partial charge in [-0.05, 0) is 36.7 Å². The van der Waals surface area contributed by atoms with E-state index in [-0.39, 0.29) is 0 Å². The Kier molecular flexibility index (Phi) is 6.68. The Balaban J connectivity index is 1.87. The van der Waals surface area contributed by atoms with Gasteiger partial charge in [0.25, 0.3) is 0 Å². The Labute approximate surface area is 137 Å². The number of hydrogen-bond donors (Lipinski definition) is 1. The van der Waals surface area contributed by atoms with E-state index in [1.54, 1.807) is 0 Å². The summed E-state index contributed by atoms with van der Waals surface area (Å²) in [6.45, 7) is 12.2. The molecule has 4 heteroatoms. The molecule has 0 amide bonds. The maximum absolute atomic E-state index is 3.74. The third-order valence-electron chi connectivity index (χ3n) is 3.99. The summed E-state index contributed by atoms with van der Waals surface area (Å²) in [5.74, 6) is 0.699. The molecule has 0 bridgehead atoms. The molecule has 1 aromatic carbocycles. The number of nitrogens with one attached hydrogen (secondary N) is 1. The Hall–Kier alpha value is -0.420. The summed E-state index contributed by atoms with van der Waals surface area (Å²) in [6.07, 6.45) is 0. The van der Waals surface area contributed by atoms with Gasteiger partial charge in [-0.2, -0.15) is 0 Å². The zero-order valence-electron chi connectivity index (χ0n) is 13.5. The summed E-state index contributed by atoms with van der Waals surface area (Å²) in [6, 6.07) is 6.79. The van der Waals surface area contributed by atoms with Gasteiger partial charge in [0.05, 0.1) is 0 Å². The number of hydrogen-bond acceptors (Lipinski definition) is 3. The predicted octanol–water partition coefficient (Wildman–Crippen LogP) is 2.94. The molecule has 3 nitrogen and oxygen atoms in total. The molecule has 1 fully saturated rings. The zero-order chi connectivity index (χ0) is 15.2. The van der Waals surface area contributed by atoms with Crippen LogP contribution in [0.3, 0.4) is 0 Å². The lowest BCUT2D eigenvalue weighted by Crippen LogP contribution is -2.43. The second-order valence-corrected chi connectivity index (χ2v) is 7.38. The minimum Gasteiger partial charge on any atom is -0.312 e. The van der Waals surface area contributed by atoms with Crippen molar-refractivity contribution in [2.24, 2.45) is 5.92 Å². The van der Waals surface area contributed by atoms with Gasteiger partial charge in [0.2, 0.25) is 0 Å². The van der Waals surface area contributed by atoms with Crippen LogP contribution in [0.5, 0.6) is 0 Å². The lowest BCUT2D eigenvalue weighted by Gasteiger charge is -2.32. The first-order valence-electron chi connectivity index (χ1n) is 7.93. The second kappa shape index (κ2) is 8.28. The van der Waals surface area contributed by atoms with Crippen LogP contribution >= 0.6 is 15.9 Å². The van der Waals surface area contributed by atoms with E-state index >= 15 is 0 Å². The average Bonchev–Trinajstić information content (AvgIpc) is 2.44. The van der Waals surface area contributed by atoms with E-state index < -0.39 is 0 Å². The molecule has 0 saturated carbocycles. The van der Waals surface area contributed by atoms with Crippen LogP contribution in [0.2, 0.25) is 0 Å². The van der Waals surface area contributed by atoms with Gasteiger partial charge in [-0.15, -0.1) is 0 Å². The highest BCUT2D eigenvalue weighted by molar-refractivity contribution is 9.10. The molecule has 0 aromatic heterocycles. The molecule has 0 aliphatic carbocycles. The first kappa shape index (κ1) is 16.9. The molecule has 0 unspecified atom stereocenters. The third kappa shape index (κ3) is 5.70. The summed E-state index contributed by atoms with van der Waals surface area (Å²) < 4.78 is 1.24. The van der Waals surface area contributed by atoms with Gasteiger partial charge in [-0.1, -0.05) is 41.9 Å². The minimum atomic E-state index is 0.699. The third-order valence-corrected chi connectivity index (χ3v) is 4.73. The first-order chi connectivity index (χ1) is 10.0. The molecule has 2 rings (SSSR count). The molecule has 0 radical (unpaired) electrons. The zero-order valence-corrected chi connectivity index (χ0v) is 15.1. The molecule has 1 saturated heterocycles. The van der Waals surface area contributed by atoms with Crippen LogP contribution in [-0.4, -0.2) is 49.6 Å². The molecule has 1 aliphatic heterocycles. The van der Waals surface area contributed by atoms with Crippen molar-refractivity contribution in [1.82, 2.24) is 15.1 Å². The number of likely N-dealkylation sites (N-methyl/N-ethyl adjacent to an activating group) is 1. The predicted molar refractivity (Wildman–Crippen MR) is 93.5 cm³/mol. The van der Waals surface area contributed by atoms with E-state index in [0.29, 0.717) is 5.92 Å². The Morgan fingerprint density at radius 3 is 2.52 bits per heavy atom. The first-order valence-corrected chi connectivity index (χ1v) is 8.73. The van der Waals surface area contributed by atoms with E-state index in [4.69, 9.17) is 0 Å². The quantitative estimate of drug-likeness (QED) is 0.848. The number of rotatable bonds is 6. The van der Waals surface area contributed by atoms with Crippen LogP contribution in [0.4, 0.5) is 0 Å². The van der Waals surface area contributed by atoms with E-state index in [9.17, 15) is 0 Å². The van der Waals surface area contributed by atoms with Gasteiger partial charge in [-0.3, -0.25) is 4.90 Å². The SMILES string of the molecule is CC(C)CNCc1ccc(CN2CCN(C)CC2)c(Br)c1. The molecule has 0 spiro atoms. The normalized spacial score (nSPS) is 17.6. The summed E-state index contributed by atoms with van der Waals surface area (Å²) in [7, 11) is 2.20. The van der Waals surface area contributed by atoms with Crippen LogP contribution in [0.25, 0.3) is 0 Å². The maximum Gasteiger partial charge on any atom is 0.0246 e. The van der Waals surface area contributed by atoms with E-state index in [1.807, 2.05) is 0 Å². The number of nitrogens with zero attached hydrogens (tertiary/aromatic N) is 2. The van der Waals surface area contributed by atoms with E-state index in [1.165, 1.54) is 41.8 Å². The molecule has 21 heavy (non-hydrogen) atoms. The summed E-state index contributed by atoms with van der Waals surface area (Å²) in [4.78, 5) is 4.94. The van der Waals surface area contributed by atoms with Crippen molar-refractivity contribution in [3.8, 4) is 0 Å². The molecular formula is C17H28BrN3. The second-order valence-electron chi connectivity index (χ2n) is 6.53. The summed E-state index contributed by atoms with van der Waals surface area (Å²) >= 11 is 3.74. The van der Waals surface area contributed by atoms with Crippen molar-refractivity contribution in [2.45, 2.75) is 26.9 Å². The molecule has 1 aromatic rings. The van der Waals surface area contributed by atoms with Crippen molar-refractivity contribution in [1.29, 1.82) is 0 Å². The van der Waals surface area contributed by atoms with Crippen LogP contribution in [0, 0.1) is 5.92 Å². The van der Waals surface area contributed by atoms with Crippen molar-refractivity contribution < 1.29 is 0 Å². The van der Waals surface area contributed by atoms with Gasteiger partial charge in [0.15, 0.2) is 0 Å². The summed E-state index contributed by atoms with van der Waals surface area (Å²) in [5, 5.41) is 3.50. The lowest BCUT2D eigenvalue weighted by molar-refractivity contribution is 0.148. The fourth-order valence-electron chi connectivity index (χ4n) is 2.58. The van der Waals surface area contributed by atoms with Gasteiger partial charge in [-0.25, -0.2) is 0 Å². The monoisotopic (exact) mass is 353 g/mol. The van der Waals surface area contributed by atoms with Gasteiger partial charge in [0.1, 0.15) is 0 Å². The maximum atomic E-state index is 3.74. The standard InChI is InChI=1S/C17H28BrN3/c1-14(2)11-19-12-15-4-5-16(17(18)10-15)13-21-8-6-20(3)7-9-21/h4-5,10,14,19H,6-9,11-13H2,1-3H3. The topological polar surface area (TPSA) is 18.5 Å². The molecule has 0 atom stereocenters. The van der Waals surface area contributed by atoms with Gasteiger partial charge in [0, 0.05) is 43.7 Å². The Bertz CT molecular complexity index is 440. The Morgan fingerprint density at radius 1 is 1.19 bits per heavy atom.